The van der Waals surface area contributed by atoms with Gasteiger partial charge in [-0.1, -0.05) is 12.1 Å². The highest BCUT2D eigenvalue weighted by molar-refractivity contribution is 5.89. The fraction of sp³-hybridized carbons (Fsp3) is 0.0952. The highest BCUT2D eigenvalue weighted by Gasteiger charge is 2.12. The molecule has 2 aromatic heterocycles. The second-order valence-electron chi connectivity index (χ2n) is 6.21. The molecular formula is C21H19ClN4O4. The van der Waals surface area contributed by atoms with E-state index < -0.39 is 5.97 Å². The summed E-state index contributed by atoms with van der Waals surface area (Å²) in [7, 11) is 3.15. The van der Waals surface area contributed by atoms with Gasteiger partial charge < -0.3 is 24.3 Å². The SMILES string of the molecule is COc1ccc(Nc2nc(-c3cccc(C(=O)O)c3)cn3ccnc23)cc1OC.Cl. The molecule has 0 radical (unpaired) electrons. The monoisotopic (exact) mass is 426 g/mol. The third-order valence-corrected chi connectivity index (χ3v) is 4.43. The summed E-state index contributed by atoms with van der Waals surface area (Å²) in [6.07, 6.45) is 5.29. The first kappa shape index (κ1) is 20.9. The highest BCUT2D eigenvalue weighted by Crippen LogP contribution is 2.32. The van der Waals surface area contributed by atoms with Gasteiger partial charge in [0, 0.05) is 35.9 Å². The molecule has 0 saturated carbocycles. The van der Waals surface area contributed by atoms with E-state index in [2.05, 4.69) is 15.3 Å². The van der Waals surface area contributed by atoms with Gasteiger partial charge in [-0.05, 0) is 24.3 Å². The fourth-order valence-electron chi connectivity index (χ4n) is 3.02. The van der Waals surface area contributed by atoms with E-state index in [4.69, 9.17) is 9.47 Å². The van der Waals surface area contributed by atoms with Crippen LogP contribution in [0.2, 0.25) is 0 Å². The summed E-state index contributed by atoms with van der Waals surface area (Å²) in [5.41, 5.74) is 2.89. The molecular weight excluding hydrogens is 408 g/mol. The van der Waals surface area contributed by atoms with Crippen LogP contribution in [0.5, 0.6) is 11.5 Å². The smallest absolute Gasteiger partial charge is 0.335 e. The first-order valence-electron chi connectivity index (χ1n) is 8.75. The largest absolute Gasteiger partial charge is 0.493 e. The van der Waals surface area contributed by atoms with Crippen molar-refractivity contribution in [3.05, 3.63) is 66.6 Å². The van der Waals surface area contributed by atoms with Crippen molar-refractivity contribution in [3.8, 4) is 22.8 Å². The number of fused-ring (bicyclic) bond motifs is 1. The van der Waals surface area contributed by atoms with Crippen LogP contribution in [-0.2, 0) is 0 Å². The minimum Gasteiger partial charge on any atom is -0.493 e. The van der Waals surface area contributed by atoms with E-state index in [1.54, 1.807) is 56.9 Å². The third-order valence-electron chi connectivity index (χ3n) is 4.43. The van der Waals surface area contributed by atoms with Crippen molar-refractivity contribution in [1.82, 2.24) is 14.4 Å². The van der Waals surface area contributed by atoms with Gasteiger partial charge >= 0.3 is 5.97 Å². The number of ether oxygens (including phenoxy) is 2. The number of carboxylic acid groups (broad SMARTS) is 1. The Morgan fingerprint density at radius 1 is 1.10 bits per heavy atom. The van der Waals surface area contributed by atoms with Crippen LogP contribution in [0.1, 0.15) is 10.4 Å². The average Bonchev–Trinajstić information content (AvgIpc) is 3.22. The lowest BCUT2D eigenvalue weighted by Gasteiger charge is -2.13. The number of anilines is 2. The van der Waals surface area contributed by atoms with Gasteiger partial charge in [0.15, 0.2) is 23.0 Å². The number of imidazole rings is 1. The maximum atomic E-state index is 11.3. The predicted octanol–water partition coefficient (Wildman–Crippen LogP) is 4.28. The number of methoxy groups -OCH3 is 2. The number of benzene rings is 2. The molecule has 0 aliphatic rings. The number of carbonyl (C=O) groups is 1. The first-order valence-corrected chi connectivity index (χ1v) is 8.75. The second-order valence-corrected chi connectivity index (χ2v) is 6.21. The second kappa shape index (κ2) is 8.71. The van der Waals surface area contributed by atoms with Crippen LogP contribution in [-0.4, -0.2) is 39.7 Å². The Hall–Kier alpha value is -3.78. The minimum absolute atomic E-state index is 0. The molecule has 154 valence electrons. The van der Waals surface area contributed by atoms with Crippen molar-refractivity contribution in [2.75, 3.05) is 19.5 Å². The van der Waals surface area contributed by atoms with Crippen LogP contribution in [0.25, 0.3) is 16.9 Å². The van der Waals surface area contributed by atoms with Gasteiger partial charge in [-0.25, -0.2) is 14.8 Å². The topological polar surface area (TPSA) is 98.0 Å². The van der Waals surface area contributed by atoms with E-state index >= 15 is 0 Å². The van der Waals surface area contributed by atoms with Crippen LogP contribution in [0.15, 0.2) is 61.1 Å². The summed E-state index contributed by atoms with van der Waals surface area (Å²) in [6, 6.07) is 12.1. The van der Waals surface area contributed by atoms with Crippen molar-refractivity contribution in [2.24, 2.45) is 0 Å². The lowest BCUT2D eigenvalue weighted by molar-refractivity contribution is 0.0697. The number of rotatable bonds is 6. The molecule has 2 aromatic carbocycles. The Morgan fingerprint density at radius 2 is 1.90 bits per heavy atom. The van der Waals surface area contributed by atoms with Crippen molar-refractivity contribution in [2.45, 2.75) is 0 Å². The van der Waals surface area contributed by atoms with Gasteiger partial charge in [0.1, 0.15) is 0 Å². The Labute approximate surface area is 178 Å². The normalized spacial score (nSPS) is 10.3. The summed E-state index contributed by atoms with van der Waals surface area (Å²) in [6.45, 7) is 0. The number of hydrogen-bond donors (Lipinski definition) is 2. The molecule has 0 fully saturated rings. The van der Waals surface area contributed by atoms with E-state index in [-0.39, 0.29) is 18.0 Å². The Bertz CT molecular complexity index is 1210. The maximum absolute atomic E-state index is 11.3. The number of nitrogens with zero attached hydrogens (tertiary/aromatic N) is 3. The van der Waals surface area contributed by atoms with Gasteiger partial charge in [0.2, 0.25) is 0 Å². The van der Waals surface area contributed by atoms with Crippen molar-refractivity contribution < 1.29 is 19.4 Å². The molecule has 0 spiro atoms. The summed E-state index contributed by atoms with van der Waals surface area (Å²) in [5, 5.41) is 12.5. The molecule has 4 rings (SSSR count). The Kier molecular flexibility index (Phi) is 6.08. The zero-order valence-electron chi connectivity index (χ0n) is 16.2. The minimum atomic E-state index is -0.987. The van der Waals surface area contributed by atoms with Crippen LogP contribution in [0.3, 0.4) is 0 Å². The number of halogens is 1. The summed E-state index contributed by atoms with van der Waals surface area (Å²) < 4.78 is 12.5. The molecule has 0 amide bonds. The Morgan fingerprint density at radius 3 is 2.63 bits per heavy atom. The van der Waals surface area contributed by atoms with E-state index in [1.807, 2.05) is 22.7 Å². The number of aromatic nitrogens is 3. The zero-order valence-corrected chi connectivity index (χ0v) is 17.0. The average molecular weight is 427 g/mol. The van der Waals surface area contributed by atoms with E-state index in [1.165, 1.54) is 0 Å². The third kappa shape index (κ3) is 3.99. The molecule has 2 heterocycles. The van der Waals surface area contributed by atoms with Gasteiger partial charge in [0.05, 0.1) is 25.5 Å². The number of aromatic carboxylic acids is 1. The summed E-state index contributed by atoms with van der Waals surface area (Å²) >= 11 is 0. The molecule has 8 nitrogen and oxygen atoms in total. The lowest BCUT2D eigenvalue weighted by atomic mass is 10.1. The van der Waals surface area contributed by atoms with Crippen LogP contribution in [0.4, 0.5) is 11.5 Å². The quantitative estimate of drug-likeness (QED) is 0.475. The molecule has 0 bridgehead atoms. The van der Waals surface area contributed by atoms with Crippen LogP contribution < -0.4 is 14.8 Å². The van der Waals surface area contributed by atoms with Gasteiger partial charge in [-0.3, -0.25) is 0 Å². The highest BCUT2D eigenvalue weighted by atomic mass is 35.5. The van der Waals surface area contributed by atoms with Crippen LogP contribution in [0, 0.1) is 0 Å². The van der Waals surface area contributed by atoms with Crippen LogP contribution >= 0.6 is 12.4 Å². The number of nitrogens with one attached hydrogen (secondary N) is 1. The van der Waals surface area contributed by atoms with Gasteiger partial charge in [-0.2, -0.15) is 0 Å². The van der Waals surface area contributed by atoms with Gasteiger partial charge in [-0.15, -0.1) is 12.4 Å². The molecule has 4 aromatic rings. The van der Waals surface area contributed by atoms with E-state index in [9.17, 15) is 9.90 Å². The summed E-state index contributed by atoms with van der Waals surface area (Å²) in [5.74, 6) is 0.748. The van der Waals surface area contributed by atoms with Crippen molar-refractivity contribution in [3.63, 3.8) is 0 Å². The zero-order chi connectivity index (χ0) is 20.4. The molecule has 30 heavy (non-hydrogen) atoms. The first-order chi connectivity index (χ1) is 14.1. The van der Waals surface area contributed by atoms with E-state index in [0.717, 1.165) is 5.69 Å². The predicted molar refractivity (Wildman–Crippen MR) is 115 cm³/mol. The maximum Gasteiger partial charge on any atom is 0.335 e. The standard InChI is InChI=1S/C21H18N4O4.ClH/c1-28-17-7-6-15(11-18(17)29-2)23-19-20-22-8-9-25(20)12-16(24-19)13-4-3-5-14(10-13)21(26)27;/h3-12H,1-2H3,(H,23,24)(H,26,27);1H. The fourth-order valence-corrected chi connectivity index (χ4v) is 3.02. The van der Waals surface area contributed by atoms with Crippen molar-refractivity contribution >= 4 is 35.5 Å². The lowest BCUT2D eigenvalue weighted by Crippen LogP contribution is -2.02. The molecule has 0 unspecified atom stereocenters. The molecule has 0 aliphatic heterocycles. The summed E-state index contributed by atoms with van der Waals surface area (Å²) in [4.78, 5) is 20.3. The molecule has 9 heteroatoms. The van der Waals surface area contributed by atoms with Crippen molar-refractivity contribution in [1.29, 1.82) is 0 Å². The molecule has 0 saturated heterocycles. The molecule has 0 atom stereocenters. The number of hydrogen-bond acceptors (Lipinski definition) is 6. The number of carboxylic acids is 1. The molecule has 2 N–H and O–H groups in total. The molecule has 0 aliphatic carbocycles. The van der Waals surface area contributed by atoms with E-state index in [0.29, 0.717) is 34.2 Å². The Balaban J connectivity index is 0.00000256. The van der Waals surface area contributed by atoms with Gasteiger partial charge in [0.25, 0.3) is 0 Å².